The molecule has 0 aromatic carbocycles. The van der Waals surface area contributed by atoms with Gasteiger partial charge in [0.1, 0.15) is 6.10 Å². The van der Waals surface area contributed by atoms with Crippen LogP contribution >= 0.6 is 0 Å². The zero-order valence-corrected chi connectivity index (χ0v) is 38.3. The number of allylic oxidation sites excluding steroid dienone is 20. The lowest BCUT2D eigenvalue weighted by Crippen LogP contribution is -2.46. The molecule has 6 nitrogen and oxygen atoms in total. The Kier molecular flexibility index (Phi) is 43.4. The lowest BCUT2D eigenvalue weighted by atomic mass is 10.0. The molecule has 0 rings (SSSR count). The van der Waals surface area contributed by atoms with E-state index in [4.69, 9.17) is 4.74 Å². The summed E-state index contributed by atoms with van der Waals surface area (Å²) in [5.41, 5.74) is 0. The molecule has 60 heavy (non-hydrogen) atoms. The summed E-state index contributed by atoms with van der Waals surface area (Å²) < 4.78 is 5.86. The van der Waals surface area contributed by atoms with E-state index < -0.39 is 18.2 Å². The van der Waals surface area contributed by atoms with Gasteiger partial charge in [-0.05, 0) is 77.0 Å². The monoisotopic (exact) mass is 830 g/mol. The average Bonchev–Trinajstić information content (AvgIpc) is 3.24. The van der Waals surface area contributed by atoms with E-state index in [0.717, 1.165) is 89.9 Å². The van der Waals surface area contributed by atoms with E-state index in [1.807, 2.05) is 60.8 Å². The van der Waals surface area contributed by atoms with Gasteiger partial charge >= 0.3 is 5.97 Å². The fourth-order valence-corrected chi connectivity index (χ4v) is 6.40. The smallest absolute Gasteiger partial charge is 0.306 e. The number of aliphatic hydroxyl groups excluding tert-OH is 2. The standard InChI is InChI=1S/C54H87NO5/c1-4-7-10-13-16-19-22-24-26-28-30-32-35-38-41-44-47-54(59)60-50(45-42-39-36-33-31-29-27-25-23-20-17-14-11-8-5-2)48-53(58)55-51(49-56)52(57)46-43-40-37-34-21-18-15-12-9-6-3/h7-8,10-11,14,16-17,19-20,23-27,29-33,36,50-52,56-57H,4-6,9,12-13,15,18,21-22,28,34-35,37-49H2,1-3H3,(H,55,58)/b10-7+,11-8-,17-14+,19-16+,23-20+,26-24+,27-25-,31-29+,32-30+,36-33+. The van der Waals surface area contributed by atoms with Crippen LogP contribution in [0.15, 0.2) is 122 Å². The fourth-order valence-electron chi connectivity index (χ4n) is 6.40. The molecular formula is C54H87NO5. The van der Waals surface area contributed by atoms with Gasteiger partial charge in [0.25, 0.3) is 0 Å². The third-order valence-corrected chi connectivity index (χ3v) is 9.95. The highest BCUT2D eigenvalue weighted by Crippen LogP contribution is 2.16. The van der Waals surface area contributed by atoms with Gasteiger partial charge in [-0.15, -0.1) is 0 Å². The second-order valence-corrected chi connectivity index (χ2v) is 15.5. The predicted octanol–water partition coefficient (Wildman–Crippen LogP) is 14.1. The van der Waals surface area contributed by atoms with E-state index in [0.29, 0.717) is 19.3 Å². The number of aliphatic hydroxyl groups is 2. The molecule has 0 aliphatic carbocycles. The molecule has 0 heterocycles. The third kappa shape index (κ3) is 41.0. The van der Waals surface area contributed by atoms with Crippen LogP contribution in [0.3, 0.4) is 0 Å². The SMILES string of the molecule is CC\C=C/C=C/C=C/C=C\C=C\C=C\CCCC(CC(=O)NC(CO)C(O)CCCCCCCCCCCC)OC(=O)CCCCC/C=C/C/C=C/C/C=C/C/C=C/CC. The lowest BCUT2D eigenvalue weighted by Gasteiger charge is -2.24. The molecule has 0 saturated heterocycles. The third-order valence-electron chi connectivity index (χ3n) is 9.95. The van der Waals surface area contributed by atoms with Crippen LogP contribution in [0.25, 0.3) is 0 Å². The number of carbonyl (C=O) groups excluding carboxylic acids is 2. The summed E-state index contributed by atoms with van der Waals surface area (Å²) in [6.45, 7) is 6.16. The van der Waals surface area contributed by atoms with Crippen molar-refractivity contribution >= 4 is 11.9 Å². The van der Waals surface area contributed by atoms with Crippen molar-refractivity contribution in [1.29, 1.82) is 0 Å². The molecule has 0 aromatic heterocycles. The average molecular weight is 830 g/mol. The number of rotatable bonds is 40. The van der Waals surface area contributed by atoms with Crippen molar-refractivity contribution in [3.63, 3.8) is 0 Å². The number of amides is 1. The lowest BCUT2D eigenvalue weighted by molar-refractivity contribution is -0.151. The number of esters is 1. The number of hydrogen-bond acceptors (Lipinski definition) is 5. The Hall–Kier alpha value is -3.74. The van der Waals surface area contributed by atoms with E-state index in [1.165, 1.54) is 44.9 Å². The Bertz CT molecular complexity index is 1300. The van der Waals surface area contributed by atoms with Crippen LogP contribution in [0, 0.1) is 0 Å². The molecule has 3 unspecified atom stereocenters. The number of carbonyl (C=O) groups is 2. The number of unbranched alkanes of at least 4 members (excludes halogenated alkanes) is 13. The van der Waals surface area contributed by atoms with E-state index in [2.05, 4.69) is 86.8 Å². The molecule has 0 radical (unpaired) electrons. The van der Waals surface area contributed by atoms with E-state index >= 15 is 0 Å². The summed E-state index contributed by atoms with van der Waals surface area (Å²) >= 11 is 0. The minimum atomic E-state index is -0.820. The van der Waals surface area contributed by atoms with Crippen LogP contribution in [-0.2, 0) is 14.3 Å². The topological polar surface area (TPSA) is 95.9 Å². The summed E-state index contributed by atoms with van der Waals surface area (Å²) in [4.78, 5) is 26.0. The summed E-state index contributed by atoms with van der Waals surface area (Å²) in [5.74, 6) is -0.602. The van der Waals surface area contributed by atoms with Gasteiger partial charge in [-0.25, -0.2) is 0 Å². The zero-order chi connectivity index (χ0) is 43.8. The van der Waals surface area contributed by atoms with Crippen LogP contribution in [0.1, 0.15) is 181 Å². The first kappa shape index (κ1) is 56.3. The van der Waals surface area contributed by atoms with Gasteiger partial charge in [-0.2, -0.15) is 0 Å². The number of nitrogens with one attached hydrogen (secondary N) is 1. The molecule has 0 saturated carbocycles. The molecule has 3 atom stereocenters. The fraction of sp³-hybridized carbons (Fsp3) is 0.593. The maximum absolute atomic E-state index is 13.1. The summed E-state index contributed by atoms with van der Waals surface area (Å²) in [6, 6.07) is -0.740. The van der Waals surface area contributed by atoms with Gasteiger partial charge in [0, 0.05) is 6.42 Å². The van der Waals surface area contributed by atoms with E-state index in [-0.39, 0.29) is 24.9 Å². The number of hydrogen-bond donors (Lipinski definition) is 3. The Morgan fingerprint density at radius 3 is 1.57 bits per heavy atom. The molecule has 6 heteroatoms. The van der Waals surface area contributed by atoms with Gasteiger partial charge < -0.3 is 20.3 Å². The first-order chi connectivity index (χ1) is 29.5. The molecule has 0 aliphatic heterocycles. The number of ether oxygens (including phenoxy) is 1. The van der Waals surface area contributed by atoms with Crippen molar-refractivity contribution in [3.8, 4) is 0 Å². The Balaban J connectivity index is 4.85. The highest BCUT2D eigenvalue weighted by molar-refractivity contribution is 5.77. The summed E-state index contributed by atoms with van der Waals surface area (Å²) in [5, 5.41) is 23.6. The van der Waals surface area contributed by atoms with Crippen molar-refractivity contribution in [1.82, 2.24) is 5.32 Å². The molecular weight excluding hydrogens is 743 g/mol. The molecule has 0 aliphatic rings. The van der Waals surface area contributed by atoms with Crippen molar-refractivity contribution in [2.75, 3.05) is 6.61 Å². The molecule has 338 valence electrons. The second kappa shape index (κ2) is 46.3. The molecule has 0 aromatic rings. The molecule has 3 N–H and O–H groups in total. The minimum absolute atomic E-state index is 0.00502. The van der Waals surface area contributed by atoms with Crippen molar-refractivity contribution in [2.24, 2.45) is 0 Å². The Morgan fingerprint density at radius 2 is 1.00 bits per heavy atom. The first-order valence-electron chi connectivity index (χ1n) is 23.8. The largest absolute Gasteiger partial charge is 0.462 e. The maximum Gasteiger partial charge on any atom is 0.306 e. The van der Waals surface area contributed by atoms with Crippen LogP contribution in [-0.4, -0.2) is 46.9 Å². The van der Waals surface area contributed by atoms with Crippen LogP contribution in [0.4, 0.5) is 0 Å². The first-order valence-corrected chi connectivity index (χ1v) is 23.8. The van der Waals surface area contributed by atoms with Gasteiger partial charge in [0.2, 0.25) is 5.91 Å². The van der Waals surface area contributed by atoms with Crippen LogP contribution in [0.2, 0.25) is 0 Å². The second-order valence-electron chi connectivity index (χ2n) is 15.5. The van der Waals surface area contributed by atoms with Gasteiger partial charge in [0.05, 0.1) is 25.2 Å². The molecule has 1 amide bonds. The zero-order valence-electron chi connectivity index (χ0n) is 38.3. The highest BCUT2D eigenvalue weighted by atomic mass is 16.5. The van der Waals surface area contributed by atoms with Gasteiger partial charge in [0.15, 0.2) is 0 Å². The molecule has 0 bridgehead atoms. The Morgan fingerprint density at radius 1 is 0.517 bits per heavy atom. The van der Waals surface area contributed by atoms with Gasteiger partial charge in [-0.3, -0.25) is 9.59 Å². The quantitative estimate of drug-likeness (QED) is 0.0247. The van der Waals surface area contributed by atoms with Crippen molar-refractivity contribution in [2.45, 2.75) is 200 Å². The van der Waals surface area contributed by atoms with Crippen LogP contribution < -0.4 is 5.32 Å². The maximum atomic E-state index is 13.1. The highest BCUT2D eigenvalue weighted by Gasteiger charge is 2.24. The predicted molar refractivity (Wildman–Crippen MR) is 259 cm³/mol. The summed E-state index contributed by atoms with van der Waals surface area (Å²) in [6.07, 6.45) is 64.0. The van der Waals surface area contributed by atoms with Crippen molar-refractivity contribution in [3.05, 3.63) is 122 Å². The van der Waals surface area contributed by atoms with E-state index in [9.17, 15) is 19.8 Å². The van der Waals surface area contributed by atoms with Crippen LogP contribution in [0.5, 0.6) is 0 Å². The van der Waals surface area contributed by atoms with E-state index in [1.54, 1.807) is 0 Å². The molecule has 0 fully saturated rings. The van der Waals surface area contributed by atoms with Crippen molar-refractivity contribution < 1.29 is 24.5 Å². The van der Waals surface area contributed by atoms with Gasteiger partial charge in [-0.1, -0.05) is 213 Å². The molecule has 0 spiro atoms. The normalized spacial score (nSPS) is 14.4. The Labute approximate surface area is 368 Å². The summed E-state index contributed by atoms with van der Waals surface area (Å²) in [7, 11) is 0. The minimum Gasteiger partial charge on any atom is -0.462 e.